The van der Waals surface area contributed by atoms with E-state index in [1.807, 2.05) is 0 Å². The van der Waals surface area contributed by atoms with E-state index < -0.39 is 0 Å². The van der Waals surface area contributed by atoms with Crippen LogP contribution in [0, 0.1) is 0 Å². The number of hydrogen-bond donors (Lipinski definition) is 0. The van der Waals surface area contributed by atoms with Crippen LogP contribution in [0.1, 0.15) is 0 Å². The third-order valence-corrected chi connectivity index (χ3v) is 0. The van der Waals surface area contributed by atoms with Gasteiger partial charge in [0.15, 0.2) is 0 Å². The van der Waals surface area contributed by atoms with Crippen molar-refractivity contribution in [2.24, 2.45) is 0 Å². The van der Waals surface area contributed by atoms with E-state index in [-0.39, 0.29) is 87.7 Å². The molecule has 0 amide bonds. The van der Waals surface area contributed by atoms with E-state index in [0.717, 1.165) is 0 Å². The molecule has 7 heavy (non-hydrogen) atoms. The minimum atomic E-state index is 0. The van der Waals surface area contributed by atoms with Gasteiger partial charge in [-0.1, -0.05) is 0 Å². The minimum Gasteiger partial charge on any atom is -0.870 e. The second-order valence-corrected chi connectivity index (χ2v) is 0. The van der Waals surface area contributed by atoms with Crippen molar-refractivity contribution in [3.63, 3.8) is 0 Å². The van der Waals surface area contributed by atoms with Crippen LogP contribution in [0.4, 0.5) is 0 Å². The maximum absolute atomic E-state index is 0. The first-order chi connectivity index (χ1) is 0. The SMILES string of the molecule is O.O.[Ag+].[Ag+].[OH-].[OH-].[W]. The van der Waals surface area contributed by atoms with Gasteiger partial charge in [0, 0.05) is 21.1 Å². The molecule has 7 heteroatoms. The second kappa shape index (κ2) is 97.5. The van der Waals surface area contributed by atoms with Crippen molar-refractivity contribution < 1.29 is 87.7 Å². The number of rotatable bonds is 0. The Morgan fingerprint density at radius 3 is 0.571 bits per heavy atom. The van der Waals surface area contributed by atoms with E-state index in [1.165, 1.54) is 0 Å². The Hall–Kier alpha value is 2.01. The average molecular weight is 470 g/mol. The predicted octanol–water partition coefficient (Wildman–Crippen LogP) is -2.01. The molecule has 0 aliphatic carbocycles. The summed E-state index contributed by atoms with van der Waals surface area (Å²) in [6.45, 7) is 0. The summed E-state index contributed by atoms with van der Waals surface area (Å²) in [4.78, 5) is 0. The molecule has 0 unspecified atom stereocenters. The van der Waals surface area contributed by atoms with E-state index in [2.05, 4.69) is 0 Å². The van der Waals surface area contributed by atoms with Gasteiger partial charge in [-0.15, -0.1) is 0 Å². The molecule has 6 N–H and O–H groups in total. The molecular formula is H6Ag2O4W. The van der Waals surface area contributed by atoms with Gasteiger partial charge >= 0.3 is 44.8 Å². The van der Waals surface area contributed by atoms with Crippen LogP contribution in [0.3, 0.4) is 0 Å². The molecule has 0 rings (SSSR count). The second-order valence-electron chi connectivity index (χ2n) is 0. The zero-order valence-corrected chi connectivity index (χ0v) is 8.80. The van der Waals surface area contributed by atoms with Gasteiger partial charge in [-0.2, -0.15) is 0 Å². The smallest absolute Gasteiger partial charge is 0.870 e. The van der Waals surface area contributed by atoms with Crippen molar-refractivity contribution >= 4 is 0 Å². The van der Waals surface area contributed by atoms with Gasteiger partial charge in [0.05, 0.1) is 0 Å². The summed E-state index contributed by atoms with van der Waals surface area (Å²) < 4.78 is 0. The molecule has 0 bridgehead atoms. The summed E-state index contributed by atoms with van der Waals surface area (Å²) in [7, 11) is 0. The molecule has 0 radical (unpaired) electrons. The van der Waals surface area contributed by atoms with Crippen LogP contribution in [0.15, 0.2) is 0 Å². The van der Waals surface area contributed by atoms with Crippen molar-refractivity contribution in [1.82, 2.24) is 0 Å². The standard InChI is InChI=1S/2Ag.4H2O.W/h;;4*1H2;/q2*+1;;;;;/p-2. The summed E-state index contributed by atoms with van der Waals surface area (Å²) in [5.41, 5.74) is 0. The third-order valence-electron chi connectivity index (χ3n) is 0. The van der Waals surface area contributed by atoms with Crippen molar-refractivity contribution in [1.29, 1.82) is 0 Å². The van der Waals surface area contributed by atoms with E-state index >= 15 is 0 Å². The van der Waals surface area contributed by atoms with Crippen LogP contribution in [-0.2, 0) is 65.8 Å². The molecule has 0 heterocycles. The van der Waals surface area contributed by atoms with Gasteiger partial charge in [-0.25, -0.2) is 0 Å². The summed E-state index contributed by atoms with van der Waals surface area (Å²) >= 11 is 0. The Bertz CT molecular complexity index is 9.65. The molecule has 0 aliphatic rings. The fraction of sp³-hybridized carbons (Fsp3) is 0. The summed E-state index contributed by atoms with van der Waals surface area (Å²) in [6, 6.07) is 0. The Morgan fingerprint density at radius 2 is 0.571 bits per heavy atom. The Labute approximate surface area is 86.9 Å². The Morgan fingerprint density at radius 1 is 0.571 bits per heavy atom. The third kappa shape index (κ3) is 71.7. The predicted molar refractivity (Wildman–Crippen MR) is 11.1 cm³/mol. The zero-order chi connectivity index (χ0) is 0. The van der Waals surface area contributed by atoms with Crippen molar-refractivity contribution in [2.45, 2.75) is 0 Å². The van der Waals surface area contributed by atoms with Gasteiger partial charge in [-0.3, -0.25) is 0 Å². The van der Waals surface area contributed by atoms with Crippen molar-refractivity contribution in [3.05, 3.63) is 0 Å². The molecular weight excluding hydrogens is 464 g/mol. The van der Waals surface area contributed by atoms with E-state index in [0.29, 0.717) is 0 Å². The fourth-order valence-electron chi connectivity index (χ4n) is 0. The first-order valence-corrected chi connectivity index (χ1v) is 0. The van der Waals surface area contributed by atoms with Gasteiger partial charge in [0.25, 0.3) is 0 Å². The van der Waals surface area contributed by atoms with Crippen molar-refractivity contribution in [3.8, 4) is 0 Å². The van der Waals surface area contributed by atoms with E-state index in [4.69, 9.17) is 0 Å². The monoisotopic (exact) mass is 468 g/mol. The normalized spacial score (nSPS) is 0. The van der Waals surface area contributed by atoms with Gasteiger partial charge < -0.3 is 21.9 Å². The Balaban J connectivity index is 0. The average Bonchev–Trinajstić information content (AvgIpc) is 0. The summed E-state index contributed by atoms with van der Waals surface area (Å²) in [5.74, 6) is 0. The minimum absolute atomic E-state index is 0. The van der Waals surface area contributed by atoms with Crippen LogP contribution in [0.5, 0.6) is 0 Å². The largest absolute Gasteiger partial charge is 1.00 e. The maximum Gasteiger partial charge on any atom is 1.00 e. The fourth-order valence-corrected chi connectivity index (χ4v) is 0. The van der Waals surface area contributed by atoms with Crippen LogP contribution in [-0.4, -0.2) is 21.9 Å². The summed E-state index contributed by atoms with van der Waals surface area (Å²) in [6.07, 6.45) is 0. The van der Waals surface area contributed by atoms with E-state index in [1.54, 1.807) is 0 Å². The first kappa shape index (κ1) is 143. The first-order valence-electron chi connectivity index (χ1n) is 0. The van der Waals surface area contributed by atoms with Crippen LogP contribution >= 0.6 is 0 Å². The molecule has 0 aliphatic heterocycles. The topological polar surface area (TPSA) is 123 Å². The zero-order valence-electron chi connectivity index (χ0n) is 2.91. The molecule has 0 fully saturated rings. The molecule has 0 aromatic carbocycles. The molecule has 58 valence electrons. The van der Waals surface area contributed by atoms with E-state index in [9.17, 15) is 0 Å². The van der Waals surface area contributed by atoms with Gasteiger partial charge in [0.2, 0.25) is 0 Å². The molecule has 0 atom stereocenters. The maximum atomic E-state index is 0. The van der Waals surface area contributed by atoms with Crippen LogP contribution < -0.4 is 0 Å². The summed E-state index contributed by atoms with van der Waals surface area (Å²) in [5, 5.41) is 0. The van der Waals surface area contributed by atoms with Gasteiger partial charge in [0.1, 0.15) is 0 Å². The Kier molecular flexibility index (Phi) is 1990. The quantitative estimate of drug-likeness (QED) is 0.381. The van der Waals surface area contributed by atoms with Crippen LogP contribution in [0.25, 0.3) is 0 Å². The number of hydrogen-bond acceptors (Lipinski definition) is 2. The molecule has 0 aromatic heterocycles. The molecule has 0 aromatic rings. The molecule has 0 saturated heterocycles. The van der Waals surface area contributed by atoms with Gasteiger partial charge in [-0.05, 0) is 0 Å². The molecule has 0 spiro atoms. The van der Waals surface area contributed by atoms with Crippen molar-refractivity contribution in [2.75, 3.05) is 0 Å². The molecule has 4 nitrogen and oxygen atoms in total. The van der Waals surface area contributed by atoms with Crippen LogP contribution in [0.2, 0.25) is 0 Å². The molecule has 0 saturated carbocycles.